The summed E-state index contributed by atoms with van der Waals surface area (Å²) in [6.45, 7) is 0.463. The van der Waals surface area contributed by atoms with E-state index >= 15 is 0 Å². The van der Waals surface area contributed by atoms with E-state index in [1.54, 1.807) is 30.6 Å². The van der Waals surface area contributed by atoms with E-state index in [1.165, 1.54) is 6.07 Å². The first-order chi connectivity index (χ1) is 10.2. The number of piperidine rings is 1. The highest BCUT2D eigenvalue weighted by Crippen LogP contribution is 2.26. The van der Waals surface area contributed by atoms with E-state index in [1.807, 2.05) is 6.07 Å². The molecule has 1 fully saturated rings. The molecule has 21 heavy (non-hydrogen) atoms. The molecule has 0 radical (unpaired) electrons. The van der Waals surface area contributed by atoms with Crippen molar-refractivity contribution in [1.29, 1.82) is 0 Å². The van der Waals surface area contributed by atoms with Crippen LogP contribution in [0.15, 0.2) is 42.7 Å². The van der Waals surface area contributed by atoms with Crippen LogP contribution in [-0.2, 0) is 4.79 Å². The molecule has 1 aromatic heterocycles. The van der Waals surface area contributed by atoms with Crippen LogP contribution in [0.3, 0.4) is 0 Å². The summed E-state index contributed by atoms with van der Waals surface area (Å²) in [6.07, 6.45) is 4.26. The molecule has 2 aromatic rings. The second-order valence-electron chi connectivity index (χ2n) is 4.97. The molecule has 1 N–H and O–H groups in total. The lowest BCUT2D eigenvalue weighted by molar-refractivity contribution is -0.123. The van der Waals surface area contributed by atoms with Crippen LogP contribution in [0.4, 0.5) is 4.39 Å². The second-order valence-corrected chi connectivity index (χ2v) is 4.97. The number of amides is 1. The Bertz CT molecular complexity index is 636. The SMILES string of the molecule is O=C1CCC(Oc2ccc(-c3cccnc3)c(F)c2)CN1. The van der Waals surface area contributed by atoms with E-state index in [-0.39, 0.29) is 17.8 Å². The number of carbonyl (C=O) groups excluding carboxylic acids is 1. The lowest BCUT2D eigenvalue weighted by atomic mass is 10.1. The Morgan fingerprint density at radius 3 is 2.90 bits per heavy atom. The molecule has 1 unspecified atom stereocenters. The predicted octanol–water partition coefficient (Wildman–Crippen LogP) is 2.55. The van der Waals surface area contributed by atoms with Crippen molar-refractivity contribution in [3.63, 3.8) is 0 Å². The third-order valence-electron chi connectivity index (χ3n) is 3.44. The number of carbonyl (C=O) groups is 1. The van der Waals surface area contributed by atoms with Gasteiger partial charge in [0.2, 0.25) is 5.91 Å². The minimum Gasteiger partial charge on any atom is -0.488 e. The highest BCUT2D eigenvalue weighted by molar-refractivity contribution is 5.76. The van der Waals surface area contributed by atoms with Gasteiger partial charge in [-0.3, -0.25) is 9.78 Å². The largest absolute Gasteiger partial charge is 0.488 e. The Morgan fingerprint density at radius 1 is 1.33 bits per heavy atom. The zero-order valence-electron chi connectivity index (χ0n) is 11.4. The summed E-state index contributed by atoms with van der Waals surface area (Å²) in [4.78, 5) is 15.1. The fourth-order valence-corrected chi connectivity index (χ4v) is 2.33. The van der Waals surface area contributed by atoms with Crippen LogP contribution in [0.1, 0.15) is 12.8 Å². The van der Waals surface area contributed by atoms with Gasteiger partial charge in [-0.15, -0.1) is 0 Å². The van der Waals surface area contributed by atoms with Crippen molar-refractivity contribution in [3.05, 3.63) is 48.5 Å². The monoisotopic (exact) mass is 286 g/mol. The Hall–Kier alpha value is -2.43. The van der Waals surface area contributed by atoms with Crippen LogP contribution < -0.4 is 10.1 Å². The number of pyridine rings is 1. The predicted molar refractivity (Wildman–Crippen MR) is 76.3 cm³/mol. The summed E-state index contributed by atoms with van der Waals surface area (Å²) >= 11 is 0. The van der Waals surface area contributed by atoms with Gasteiger partial charge in [0.1, 0.15) is 17.7 Å². The molecule has 1 aliphatic rings. The number of hydrogen-bond acceptors (Lipinski definition) is 3. The van der Waals surface area contributed by atoms with Gasteiger partial charge in [-0.25, -0.2) is 4.39 Å². The molecule has 5 heteroatoms. The fraction of sp³-hybridized carbons (Fsp3) is 0.250. The molecule has 0 spiro atoms. The van der Waals surface area contributed by atoms with Crippen LogP contribution in [0.2, 0.25) is 0 Å². The van der Waals surface area contributed by atoms with Crippen molar-refractivity contribution in [3.8, 4) is 16.9 Å². The van der Waals surface area contributed by atoms with E-state index in [0.29, 0.717) is 30.7 Å². The zero-order valence-corrected chi connectivity index (χ0v) is 11.4. The summed E-state index contributed by atoms with van der Waals surface area (Å²) in [5.41, 5.74) is 1.22. The van der Waals surface area contributed by atoms with Crippen molar-refractivity contribution < 1.29 is 13.9 Å². The maximum Gasteiger partial charge on any atom is 0.220 e. The van der Waals surface area contributed by atoms with Crippen molar-refractivity contribution in [2.24, 2.45) is 0 Å². The van der Waals surface area contributed by atoms with Gasteiger partial charge in [0.25, 0.3) is 0 Å². The van der Waals surface area contributed by atoms with Gasteiger partial charge in [0, 0.05) is 36.0 Å². The molecular formula is C16H15FN2O2. The Labute approximate surface area is 122 Å². The zero-order chi connectivity index (χ0) is 14.7. The Morgan fingerprint density at radius 2 is 2.24 bits per heavy atom. The topological polar surface area (TPSA) is 51.2 Å². The van der Waals surface area contributed by atoms with Gasteiger partial charge in [0.15, 0.2) is 0 Å². The molecule has 0 aliphatic carbocycles. The first kappa shape index (κ1) is 13.5. The minimum absolute atomic E-state index is 0.0351. The highest BCUT2D eigenvalue weighted by atomic mass is 19.1. The van der Waals surface area contributed by atoms with E-state index in [2.05, 4.69) is 10.3 Å². The number of ether oxygens (including phenoxy) is 1. The van der Waals surface area contributed by atoms with Crippen molar-refractivity contribution in [1.82, 2.24) is 10.3 Å². The average Bonchev–Trinajstić information content (AvgIpc) is 2.51. The number of nitrogens with one attached hydrogen (secondary N) is 1. The molecule has 2 heterocycles. The highest BCUT2D eigenvalue weighted by Gasteiger charge is 2.19. The van der Waals surface area contributed by atoms with Gasteiger partial charge < -0.3 is 10.1 Å². The summed E-state index contributed by atoms with van der Waals surface area (Å²) < 4.78 is 19.9. The molecule has 1 aliphatic heterocycles. The molecule has 1 atom stereocenters. The van der Waals surface area contributed by atoms with Crippen LogP contribution >= 0.6 is 0 Å². The normalized spacial score (nSPS) is 18.1. The smallest absolute Gasteiger partial charge is 0.220 e. The number of halogens is 1. The molecule has 4 nitrogen and oxygen atoms in total. The number of benzene rings is 1. The van der Waals surface area contributed by atoms with E-state index in [4.69, 9.17) is 4.74 Å². The lowest BCUT2D eigenvalue weighted by Gasteiger charge is -2.23. The molecule has 3 rings (SSSR count). The summed E-state index contributed by atoms with van der Waals surface area (Å²) in [6, 6.07) is 8.37. The average molecular weight is 286 g/mol. The van der Waals surface area contributed by atoms with Crippen LogP contribution in [0.5, 0.6) is 5.75 Å². The van der Waals surface area contributed by atoms with Crippen LogP contribution in [0, 0.1) is 5.82 Å². The first-order valence-corrected chi connectivity index (χ1v) is 6.85. The maximum atomic E-state index is 14.2. The van der Waals surface area contributed by atoms with Gasteiger partial charge in [-0.1, -0.05) is 6.07 Å². The van der Waals surface area contributed by atoms with Gasteiger partial charge in [0.05, 0.1) is 6.54 Å². The molecular weight excluding hydrogens is 271 g/mol. The van der Waals surface area contributed by atoms with Crippen molar-refractivity contribution in [2.75, 3.05) is 6.54 Å². The number of aromatic nitrogens is 1. The van der Waals surface area contributed by atoms with E-state index in [0.717, 1.165) is 5.56 Å². The summed E-state index contributed by atoms with van der Waals surface area (Å²) in [5, 5.41) is 2.74. The van der Waals surface area contributed by atoms with Crippen molar-refractivity contribution >= 4 is 5.91 Å². The number of nitrogens with zero attached hydrogens (tertiary/aromatic N) is 1. The van der Waals surface area contributed by atoms with Crippen LogP contribution in [0.25, 0.3) is 11.1 Å². The first-order valence-electron chi connectivity index (χ1n) is 6.85. The van der Waals surface area contributed by atoms with Gasteiger partial charge in [-0.2, -0.15) is 0 Å². The Kier molecular flexibility index (Phi) is 3.81. The molecule has 1 saturated heterocycles. The summed E-state index contributed by atoms with van der Waals surface area (Å²) in [5.74, 6) is 0.162. The summed E-state index contributed by atoms with van der Waals surface area (Å²) in [7, 11) is 0. The number of hydrogen-bond donors (Lipinski definition) is 1. The Balaban J connectivity index is 1.74. The van der Waals surface area contributed by atoms with Gasteiger partial charge in [-0.05, 0) is 24.6 Å². The third kappa shape index (κ3) is 3.18. The minimum atomic E-state index is -0.347. The molecule has 1 aromatic carbocycles. The maximum absolute atomic E-state index is 14.2. The molecule has 108 valence electrons. The quantitative estimate of drug-likeness (QED) is 0.943. The fourth-order valence-electron chi connectivity index (χ4n) is 2.33. The third-order valence-corrected chi connectivity index (χ3v) is 3.44. The molecule has 1 amide bonds. The van der Waals surface area contributed by atoms with Crippen molar-refractivity contribution in [2.45, 2.75) is 18.9 Å². The van der Waals surface area contributed by atoms with Crippen LogP contribution in [-0.4, -0.2) is 23.5 Å². The van der Waals surface area contributed by atoms with E-state index < -0.39 is 0 Å². The molecule has 0 bridgehead atoms. The van der Waals surface area contributed by atoms with E-state index in [9.17, 15) is 9.18 Å². The van der Waals surface area contributed by atoms with Gasteiger partial charge >= 0.3 is 0 Å². The second kappa shape index (κ2) is 5.91. The lowest BCUT2D eigenvalue weighted by Crippen LogP contribution is -2.40. The standard InChI is InChI=1S/C16H15FN2O2/c17-15-8-12(21-13-4-6-16(20)19-10-13)3-5-14(15)11-2-1-7-18-9-11/h1-3,5,7-9,13H,4,6,10H2,(H,19,20). The molecule has 0 saturated carbocycles. The number of rotatable bonds is 3.